The van der Waals surface area contributed by atoms with Gasteiger partial charge in [-0.3, -0.25) is 4.79 Å². The number of alkyl halides is 2. The summed E-state index contributed by atoms with van der Waals surface area (Å²) in [6, 6.07) is 15.9. The van der Waals surface area contributed by atoms with Crippen LogP contribution in [0, 0.1) is 6.92 Å². The number of halogens is 2. The van der Waals surface area contributed by atoms with Gasteiger partial charge in [-0.2, -0.15) is 8.78 Å². The fourth-order valence-electron chi connectivity index (χ4n) is 2.61. The molecule has 1 atom stereocenters. The van der Waals surface area contributed by atoms with Gasteiger partial charge in [0.15, 0.2) is 5.16 Å². The summed E-state index contributed by atoms with van der Waals surface area (Å²) >= 11 is 1.25. The smallest absolute Gasteiger partial charge is 0.387 e. The highest BCUT2D eigenvalue weighted by molar-refractivity contribution is 8.00. The zero-order chi connectivity index (χ0) is 20.8. The van der Waals surface area contributed by atoms with Gasteiger partial charge < -0.3 is 14.6 Å². The maximum Gasteiger partial charge on any atom is 0.387 e. The molecule has 1 N–H and O–H groups in total. The van der Waals surface area contributed by atoms with Gasteiger partial charge in [0, 0.05) is 0 Å². The number of carbonyl (C=O) groups excluding carboxylic acids is 1. The number of hydrogen-bond acceptors (Lipinski definition) is 5. The van der Waals surface area contributed by atoms with Crippen molar-refractivity contribution in [1.29, 1.82) is 0 Å². The van der Waals surface area contributed by atoms with Crippen molar-refractivity contribution in [2.45, 2.75) is 37.4 Å². The second-order valence-corrected chi connectivity index (χ2v) is 7.53. The third-order valence-electron chi connectivity index (χ3n) is 4.10. The summed E-state index contributed by atoms with van der Waals surface area (Å²) in [6.45, 7) is 1.18. The largest absolute Gasteiger partial charge is 0.433 e. The summed E-state index contributed by atoms with van der Waals surface area (Å²) in [5, 5.41) is 11.0. The molecule has 3 aromatic rings. The molecule has 0 aliphatic heterocycles. The number of anilines is 1. The Kier molecular flexibility index (Phi) is 6.82. The zero-order valence-electron chi connectivity index (χ0n) is 15.9. The molecule has 0 aliphatic carbocycles. The zero-order valence-corrected chi connectivity index (χ0v) is 16.7. The Morgan fingerprint density at radius 2 is 1.83 bits per heavy atom. The number of thioether (sulfide) groups is 1. The van der Waals surface area contributed by atoms with E-state index in [1.807, 2.05) is 41.8 Å². The Labute approximate surface area is 171 Å². The Morgan fingerprint density at radius 1 is 1.14 bits per heavy atom. The molecule has 0 bridgehead atoms. The van der Waals surface area contributed by atoms with Crippen LogP contribution in [0.2, 0.25) is 0 Å². The number of rotatable bonds is 8. The van der Waals surface area contributed by atoms with Gasteiger partial charge in [-0.15, -0.1) is 10.2 Å². The maximum atomic E-state index is 12.6. The van der Waals surface area contributed by atoms with E-state index in [2.05, 4.69) is 20.3 Å². The number of amides is 1. The van der Waals surface area contributed by atoms with Crippen molar-refractivity contribution < 1.29 is 18.3 Å². The second kappa shape index (κ2) is 9.51. The van der Waals surface area contributed by atoms with Crippen LogP contribution in [0.1, 0.15) is 18.3 Å². The predicted octanol–water partition coefficient (Wildman–Crippen LogP) is 4.36. The van der Waals surface area contributed by atoms with Crippen molar-refractivity contribution >= 4 is 23.4 Å². The third-order valence-corrected chi connectivity index (χ3v) is 5.18. The Balaban J connectivity index is 1.70. The molecule has 0 unspecified atom stereocenters. The monoisotopic (exact) mass is 418 g/mol. The Bertz CT molecular complexity index is 966. The molecule has 3 rings (SSSR count). The fraction of sp³-hybridized carbons (Fsp3) is 0.250. The van der Waals surface area contributed by atoms with E-state index >= 15 is 0 Å². The molecular formula is C20H20F2N4O2S. The van der Waals surface area contributed by atoms with Gasteiger partial charge in [-0.25, -0.2) is 0 Å². The van der Waals surface area contributed by atoms with Gasteiger partial charge in [-0.05, 0) is 31.5 Å². The lowest BCUT2D eigenvalue weighted by atomic mass is 10.2. The first-order valence-corrected chi connectivity index (χ1v) is 9.77. The molecule has 152 valence electrons. The summed E-state index contributed by atoms with van der Waals surface area (Å²) in [4.78, 5) is 12.6. The quantitative estimate of drug-likeness (QED) is 0.551. The molecule has 2 aromatic carbocycles. The molecule has 1 amide bonds. The van der Waals surface area contributed by atoms with E-state index in [1.165, 1.54) is 23.9 Å². The summed E-state index contributed by atoms with van der Waals surface area (Å²) in [7, 11) is 0. The number of benzene rings is 2. The van der Waals surface area contributed by atoms with Crippen molar-refractivity contribution in [2.75, 3.05) is 5.32 Å². The molecule has 0 saturated heterocycles. The molecule has 9 heteroatoms. The highest BCUT2D eigenvalue weighted by Gasteiger charge is 2.21. The lowest BCUT2D eigenvalue weighted by Gasteiger charge is -2.15. The Hall–Kier alpha value is -2.94. The summed E-state index contributed by atoms with van der Waals surface area (Å²) in [6.07, 6.45) is 0. The molecule has 6 nitrogen and oxygen atoms in total. The molecule has 0 aliphatic rings. The highest BCUT2D eigenvalue weighted by Crippen LogP contribution is 2.28. The number of carbonyl (C=O) groups is 1. The maximum absolute atomic E-state index is 12.6. The molecule has 0 spiro atoms. The lowest BCUT2D eigenvalue weighted by Crippen LogP contribution is -2.23. The average Bonchev–Trinajstić information content (AvgIpc) is 3.03. The van der Waals surface area contributed by atoms with Crippen LogP contribution in [-0.2, 0) is 11.3 Å². The van der Waals surface area contributed by atoms with Crippen LogP contribution in [0.15, 0.2) is 59.8 Å². The van der Waals surface area contributed by atoms with Crippen LogP contribution >= 0.6 is 11.8 Å². The summed E-state index contributed by atoms with van der Waals surface area (Å²) in [5.74, 6) is 0.294. The summed E-state index contributed by atoms with van der Waals surface area (Å²) < 4.78 is 31.5. The second-order valence-electron chi connectivity index (χ2n) is 6.23. The van der Waals surface area contributed by atoms with E-state index in [0.717, 1.165) is 11.4 Å². The minimum absolute atomic E-state index is 0.0869. The first kappa shape index (κ1) is 20.8. The molecule has 1 heterocycles. The topological polar surface area (TPSA) is 69.0 Å². The van der Waals surface area contributed by atoms with Gasteiger partial charge in [0.1, 0.15) is 11.6 Å². The highest BCUT2D eigenvalue weighted by atomic mass is 32.2. The van der Waals surface area contributed by atoms with E-state index in [1.54, 1.807) is 19.1 Å². The average molecular weight is 418 g/mol. The molecule has 29 heavy (non-hydrogen) atoms. The van der Waals surface area contributed by atoms with Gasteiger partial charge in [0.05, 0.1) is 17.5 Å². The molecule has 0 radical (unpaired) electrons. The number of para-hydroxylation sites is 2. The van der Waals surface area contributed by atoms with Crippen molar-refractivity contribution in [2.24, 2.45) is 0 Å². The van der Waals surface area contributed by atoms with Gasteiger partial charge >= 0.3 is 6.61 Å². The van der Waals surface area contributed by atoms with Crippen molar-refractivity contribution in [3.05, 3.63) is 66.0 Å². The van der Waals surface area contributed by atoms with Crippen LogP contribution in [0.25, 0.3) is 0 Å². The third kappa shape index (κ3) is 5.54. The molecule has 0 fully saturated rings. The van der Waals surface area contributed by atoms with Crippen molar-refractivity contribution in [3.8, 4) is 5.75 Å². The van der Waals surface area contributed by atoms with Crippen LogP contribution in [0.5, 0.6) is 5.75 Å². The molecule has 0 saturated carbocycles. The van der Waals surface area contributed by atoms with Gasteiger partial charge in [0.25, 0.3) is 0 Å². The van der Waals surface area contributed by atoms with Crippen LogP contribution in [0.3, 0.4) is 0 Å². The number of nitrogens with zero attached hydrogens (tertiary/aromatic N) is 3. The van der Waals surface area contributed by atoms with Crippen molar-refractivity contribution in [3.63, 3.8) is 0 Å². The van der Waals surface area contributed by atoms with E-state index in [9.17, 15) is 13.6 Å². The van der Waals surface area contributed by atoms with Crippen LogP contribution < -0.4 is 10.1 Å². The predicted molar refractivity (Wildman–Crippen MR) is 107 cm³/mol. The number of aryl methyl sites for hydroxylation is 1. The molecule has 1 aromatic heterocycles. The number of ether oxygens (including phenoxy) is 1. The summed E-state index contributed by atoms with van der Waals surface area (Å²) in [5.41, 5.74) is 1.28. The van der Waals surface area contributed by atoms with Gasteiger partial charge in [0.2, 0.25) is 5.91 Å². The number of nitrogens with one attached hydrogen (secondary N) is 1. The van der Waals surface area contributed by atoms with E-state index in [4.69, 9.17) is 0 Å². The first-order chi connectivity index (χ1) is 13.9. The first-order valence-electron chi connectivity index (χ1n) is 8.89. The fourth-order valence-corrected chi connectivity index (χ4v) is 3.51. The minimum atomic E-state index is -2.97. The van der Waals surface area contributed by atoms with E-state index in [0.29, 0.717) is 11.7 Å². The standard InChI is InChI=1S/C20H20F2N4O2S/c1-13(18(27)23-16-10-6-7-11-17(16)28-19(21)22)29-20-25-24-14(2)26(20)12-15-8-4-3-5-9-15/h3-11,13,19H,12H2,1-2H3,(H,23,27)/t13-/m0/s1. The van der Waals surface area contributed by atoms with Gasteiger partial charge in [-0.1, -0.05) is 54.2 Å². The van der Waals surface area contributed by atoms with Crippen LogP contribution in [-0.4, -0.2) is 32.5 Å². The number of aromatic nitrogens is 3. The van der Waals surface area contributed by atoms with Crippen LogP contribution in [0.4, 0.5) is 14.5 Å². The normalized spacial score (nSPS) is 12.0. The Morgan fingerprint density at radius 3 is 2.55 bits per heavy atom. The van der Waals surface area contributed by atoms with E-state index in [-0.39, 0.29) is 17.3 Å². The van der Waals surface area contributed by atoms with E-state index < -0.39 is 11.9 Å². The molecular weight excluding hydrogens is 398 g/mol. The number of hydrogen-bond donors (Lipinski definition) is 1. The van der Waals surface area contributed by atoms with Crippen molar-refractivity contribution in [1.82, 2.24) is 14.8 Å². The SMILES string of the molecule is Cc1nnc(S[C@@H](C)C(=O)Nc2ccccc2OC(F)F)n1Cc1ccccc1. The minimum Gasteiger partial charge on any atom is -0.433 e. The lowest BCUT2D eigenvalue weighted by molar-refractivity contribution is -0.115.